The number of carbonyl (C=O) groups excluding carboxylic acids is 1. The number of nitro benzene ring substituents is 1. The van der Waals surface area contributed by atoms with Crippen LogP contribution < -0.4 is 11.1 Å². The molecule has 1 aromatic rings. The maximum atomic E-state index is 11.7. The maximum Gasteiger partial charge on any atom is 0.269 e. The van der Waals surface area contributed by atoms with Crippen molar-refractivity contribution in [1.29, 1.82) is 0 Å². The molecule has 1 atom stereocenters. The zero-order valence-electron chi connectivity index (χ0n) is 10.5. The van der Waals surface area contributed by atoms with E-state index in [4.69, 9.17) is 5.73 Å². The molecule has 0 bridgehead atoms. The minimum absolute atomic E-state index is 0.00718. The summed E-state index contributed by atoms with van der Waals surface area (Å²) in [6.45, 7) is 3.70. The lowest BCUT2D eigenvalue weighted by Gasteiger charge is -2.21. The fourth-order valence-corrected chi connectivity index (χ4v) is 1.32. The number of hydrogen-bond acceptors (Lipinski definition) is 4. The normalized spacial score (nSPS) is 13.7. The van der Waals surface area contributed by atoms with Crippen molar-refractivity contribution in [3.63, 3.8) is 0 Å². The van der Waals surface area contributed by atoms with Gasteiger partial charge < -0.3 is 11.1 Å². The maximum absolute atomic E-state index is 11.7. The van der Waals surface area contributed by atoms with Crippen LogP contribution >= 0.6 is 0 Å². The standard InChI is InChI=1S/C12H17N3O3/c1-3-12(2,13)11(16)14-8-9-5-4-6-10(7-9)15(17)18/h4-7H,3,8,13H2,1-2H3,(H,14,16). The van der Waals surface area contributed by atoms with Gasteiger partial charge in [0.2, 0.25) is 5.91 Å². The van der Waals surface area contributed by atoms with Crippen LogP contribution in [-0.2, 0) is 11.3 Å². The molecule has 0 aliphatic carbocycles. The molecule has 6 nitrogen and oxygen atoms in total. The average molecular weight is 251 g/mol. The second kappa shape index (κ2) is 5.59. The molecule has 3 N–H and O–H groups in total. The number of amides is 1. The molecule has 0 saturated heterocycles. The summed E-state index contributed by atoms with van der Waals surface area (Å²) in [5.74, 6) is -0.267. The zero-order chi connectivity index (χ0) is 13.8. The number of benzene rings is 1. The second-order valence-electron chi connectivity index (χ2n) is 4.38. The lowest BCUT2D eigenvalue weighted by Crippen LogP contribution is -2.50. The number of nitrogens with one attached hydrogen (secondary N) is 1. The van der Waals surface area contributed by atoms with Crippen LogP contribution in [0.1, 0.15) is 25.8 Å². The molecular formula is C12H17N3O3. The molecule has 0 saturated carbocycles. The van der Waals surface area contributed by atoms with Gasteiger partial charge in [0.05, 0.1) is 10.5 Å². The lowest BCUT2D eigenvalue weighted by molar-refractivity contribution is -0.384. The molecule has 1 amide bonds. The third-order valence-electron chi connectivity index (χ3n) is 2.83. The Kier molecular flexibility index (Phi) is 4.38. The van der Waals surface area contributed by atoms with E-state index in [9.17, 15) is 14.9 Å². The van der Waals surface area contributed by atoms with Gasteiger partial charge in [-0.25, -0.2) is 0 Å². The van der Waals surface area contributed by atoms with Crippen LogP contribution in [0.2, 0.25) is 0 Å². The highest BCUT2D eigenvalue weighted by molar-refractivity contribution is 5.85. The van der Waals surface area contributed by atoms with E-state index in [-0.39, 0.29) is 18.1 Å². The molecule has 98 valence electrons. The molecule has 0 radical (unpaired) electrons. The molecule has 0 fully saturated rings. The van der Waals surface area contributed by atoms with Gasteiger partial charge in [-0.15, -0.1) is 0 Å². The smallest absolute Gasteiger partial charge is 0.269 e. The predicted molar refractivity (Wildman–Crippen MR) is 67.8 cm³/mol. The summed E-state index contributed by atoms with van der Waals surface area (Å²) in [5, 5.41) is 13.3. The van der Waals surface area contributed by atoms with Crippen molar-refractivity contribution in [2.75, 3.05) is 0 Å². The molecule has 1 unspecified atom stereocenters. The van der Waals surface area contributed by atoms with E-state index < -0.39 is 10.5 Å². The molecule has 1 aromatic carbocycles. The van der Waals surface area contributed by atoms with Crippen molar-refractivity contribution in [2.24, 2.45) is 5.73 Å². The summed E-state index contributed by atoms with van der Waals surface area (Å²) in [6.07, 6.45) is 0.522. The second-order valence-corrected chi connectivity index (χ2v) is 4.38. The van der Waals surface area contributed by atoms with Crippen LogP contribution in [0.3, 0.4) is 0 Å². The number of nitrogens with two attached hydrogens (primary N) is 1. The number of nitrogens with zero attached hydrogens (tertiary/aromatic N) is 1. The molecular weight excluding hydrogens is 234 g/mol. The van der Waals surface area contributed by atoms with E-state index in [1.807, 2.05) is 6.92 Å². The Morgan fingerprint density at radius 3 is 2.78 bits per heavy atom. The molecule has 6 heteroatoms. The van der Waals surface area contributed by atoms with Gasteiger partial charge in [0.15, 0.2) is 0 Å². The average Bonchev–Trinajstić information content (AvgIpc) is 2.36. The summed E-state index contributed by atoms with van der Waals surface area (Å²) in [5.41, 5.74) is 5.54. The quantitative estimate of drug-likeness (QED) is 0.609. The van der Waals surface area contributed by atoms with Gasteiger partial charge in [0.25, 0.3) is 5.69 Å². The first-order chi connectivity index (χ1) is 8.36. The van der Waals surface area contributed by atoms with E-state index in [1.165, 1.54) is 12.1 Å². The van der Waals surface area contributed by atoms with Crippen LogP contribution in [-0.4, -0.2) is 16.4 Å². The minimum atomic E-state index is -0.916. The summed E-state index contributed by atoms with van der Waals surface area (Å²) >= 11 is 0. The Morgan fingerprint density at radius 2 is 2.22 bits per heavy atom. The van der Waals surface area contributed by atoms with Gasteiger partial charge in [-0.2, -0.15) is 0 Å². The van der Waals surface area contributed by atoms with Gasteiger partial charge in [0.1, 0.15) is 0 Å². The topological polar surface area (TPSA) is 98.3 Å². The fourth-order valence-electron chi connectivity index (χ4n) is 1.32. The number of carbonyl (C=O) groups is 1. The Balaban J connectivity index is 2.67. The monoisotopic (exact) mass is 251 g/mol. The highest BCUT2D eigenvalue weighted by Crippen LogP contribution is 2.13. The first-order valence-corrected chi connectivity index (χ1v) is 5.67. The van der Waals surface area contributed by atoms with E-state index >= 15 is 0 Å². The third kappa shape index (κ3) is 3.53. The third-order valence-corrected chi connectivity index (χ3v) is 2.83. The van der Waals surface area contributed by atoms with E-state index in [0.29, 0.717) is 12.0 Å². The van der Waals surface area contributed by atoms with Gasteiger partial charge in [-0.05, 0) is 18.9 Å². The van der Waals surface area contributed by atoms with Crippen LogP contribution in [0, 0.1) is 10.1 Å². The lowest BCUT2D eigenvalue weighted by atomic mass is 9.99. The largest absolute Gasteiger partial charge is 0.350 e. The number of hydrogen-bond donors (Lipinski definition) is 2. The Bertz CT molecular complexity index is 458. The van der Waals surface area contributed by atoms with E-state index in [2.05, 4.69) is 5.32 Å². The molecule has 18 heavy (non-hydrogen) atoms. The molecule has 0 aromatic heterocycles. The van der Waals surface area contributed by atoms with Gasteiger partial charge >= 0.3 is 0 Å². The van der Waals surface area contributed by atoms with Crippen molar-refractivity contribution in [3.05, 3.63) is 39.9 Å². The van der Waals surface area contributed by atoms with Crippen molar-refractivity contribution in [1.82, 2.24) is 5.32 Å². The summed E-state index contributed by atoms with van der Waals surface area (Å²) < 4.78 is 0. The first-order valence-electron chi connectivity index (χ1n) is 5.67. The van der Waals surface area contributed by atoms with Crippen LogP contribution in [0.5, 0.6) is 0 Å². The van der Waals surface area contributed by atoms with Crippen molar-refractivity contribution < 1.29 is 9.72 Å². The Hall–Kier alpha value is -1.95. The SMILES string of the molecule is CCC(C)(N)C(=O)NCc1cccc([N+](=O)[O-])c1. The molecule has 0 spiro atoms. The van der Waals surface area contributed by atoms with Crippen molar-refractivity contribution in [2.45, 2.75) is 32.4 Å². The molecule has 0 heterocycles. The molecule has 0 aliphatic heterocycles. The summed E-state index contributed by atoms with van der Waals surface area (Å²) in [6, 6.07) is 6.14. The Morgan fingerprint density at radius 1 is 1.56 bits per heavy atom. The van der Waals surface area contributed by atoms with Gasteiger partial charge in [-0.1, -0.05) is 19.1 Å². The molecule has 1 rings (SSSR count). The van der Waals surface area contributed by atoms with Crippen molar-refractivity contribution in [3.8, 4) is 0 Å². The predicted octanol–water partition coefficient (Wildman–Crippen LogP) is 1.34. The zero-order valence-corrected chi connectivity index (χ0v) is 10.5. The summed E-state index contributed by atoms with van der Waals surface area (Å²) in [7, 11) is 0. The minimum Gasteiger partial charge on any atom is -0.350 e. The van der Waals surface area contributed by atoms with Crippen LogP contribution in [0.4, 0.5) is 5.69 Å². The van der Waals surface area contributed by atoms with Crippen LogP contribution in [0.25, 0.3) is 0 Å². The van der Waals surface area contributed by atoms with Gasteiger partial charge in [0, 0.05) is 18.7 Å². The fraction of sp³-hybridized carbons (Fsp3) is 0.417. The van der Waals surface area contributed by atoms with Crippen molar-refractivity contribution >= 4 is 11.6 Å². The number of nitro groups is 1. The van der Waals surface area contributed by atoms with E-state index in [1.54, 1.807) is 19.1 Å². The first kappa shape index (κ1) is 14.1. The van der Waals surface area contributed by atoms with Gasteiger partial charge in [-0.3, -0.25) is 14.9 Å². The molecule has 0 aliphatic rings. The number of rotatable bonds is 5. The number of non-ortho nitro benzene ring substituents is 1. The highest BCUT2D eigenvalue weighted by Gasteiger charge is 2.25. The van der Waals surface area contributed by atoms with Crippen LogP contribution in [0.15, 0.2) is 24.3 Å². The van der Waals surface area contributed by atoms with E-state index in [0.717, 1.165) is 0 Å². The highest BCUT2D eigenvalue weighted by atomic mass is 16.6. The Labute approximate surface area is 105 Å². The summed E-state index contributed by atoms with van der Waals surface area (Å²) in [4.78, 5) is 21.8.